The molecule has 1 aromatic carbocycles. The highest BCUT2D eigenvalue weighted by molar-refractivity contribution is 5.95. The number of rotatable bonds is 6. The summed E-state index contributed by atoms with van der Waals surface area (Å²) in [6.45, 7) is 1.69. The van der Waals surface area contributed by atoms with Crippen LogP contribution in [0.3, 0.4) is 0 Å². The van der Waals surface area contributed by atoms with Crippen molar-refractivity contribution in [2.45, 2.75) is 38.1 Å². The summed E-state index contributed by atoms with van der Waals surface area (Å²) in [5, 5.41) is 11.9. The number of benzene rings is 1. The number of hydrogen-bond donors (Lipinski definition) is 2. The standard InChI is InChI=1S/C17H18N2O4/c1-10-14(23-16(18-10)12-7-8-12)15(20)19-13(17(21)22)9-11-5-3-2-4-6-11/h2-6,12-13H,7-9H2,1H3,(H,19,20)(H,21,22). The second-order valence-corrected chi connectivity index (χ2v) is 5.79. The van der Waals surface area contributed by atoms with Gasteiger partial charge in [0.05, 0.1) is 5.69 Å². The van der Waals surface area contributed by atoms with E-state index in [0.29, 0.717) is 17.5 Å². The molecule has 1 atom stereocenters. The third-order valence-electron chi connectivity index (χ3n) is 3.83. The van der Waals surface area contributed by atoms with E-state index >= 15 is 0 Å². The van der Waals surface area contributed by atoms with Gasteiger partial charge in [0.2, 0.25) is 5.76 Å². The highest BCUT2D eigenvalue weighted by Crippen LogP contribution is 2.40. The van der Waals surface area contributed by atoms with Gasteiger partial charge in [-0.3, -0.25) is 4.79 Å². The molecule has 1 unspecified atom stereocenters. The maximum atomic E-state index is 12.3. The van der Waals surface area contributed by atoms with E-state index in [2.05, 4.69) is 10.3 Å². The molecule has 1 fully saturated rings. The Morgan fingerprint density at radius 3 is 2.65 bits per heavy atom. The number of nitrogens with one attached hydrogen (secondary N) is 1. The van der Waals surface area contributed by atoms with Gasteiger partial charge in [0.25, 0.3) is 5.91 Å². The maximum absolute atomic E-state index is 12.3. The van der Waals surface area contributed by atoms with Gasteiger partial charge < -0.3 is 14.8 Å². The summed E-state index contributed by atoms with van der Waals surface area (Å²) in [5.74, 6) is -0.643. The number of aromatic nitrogens is 1. The highest BCUT2D eigenvalue weighted by atomic mass is 16.4. The minimum atomic E-state index is -1.08. The van der Waals surface area contributed by atoms with E-state index in [9.17, 15) is 14.7 Å². The molecule has 1 aliphatic rings. The summed E-state index contributed by atoms with van der Waals surface area (Å²) >= 11 is 0. The first-order valence-electron chi connectivity index (χ1n) is 7.59. The average Bonchev–Trinajstić information content (AvgIpc) is 3.30. The molecule has 0 spiro atoms. The lowest BCUT2D eigenvalue weighted by Gasteiger charge is -2.13. The van der Waals surface area contributed by atoms with Crippen molar-refractivity contribution in [1.29, 1.82) is 0 Å². The molecule has 2 aromatic rings. The van der Waals surface area contributed by atoms with Crippen molar-refractivity contribution in [3.05, 3.63) is 53.2 Å². The Kier molecular flexibility index (Phi) is 4.14. The summed E-state index contributed by atoms with van der Waals surface area (Å²) in [4.78, 5) is 28.0. The third-order valence-corrected chi connectivity index (χ3v) is 3.83. The van der Waals surface area contributed by atoms with Gasteiger partial charge in [0.1, 0.15) is 6.04 Å². The number of nitrogens with zero attached hydrogens (tertiary/aromatic N) is 1. The molecule has 120 valence electrons. The van der Waals surface area contributed by atoms with Gasteiger partial charge in [-0.05, 0) is 25.3 Å². The van der Waals surface area contributed by atoms with Crippen LogP contribution in [0.4, 0.5) is 0 Å². The normalized spacial score (nSPS) is 15.2. The lowest BCUT2D eigenvalue weighted by Crippen LogP contribution is -2.42. The molecule has 3 rings (SSSR count). The Morgan fingerprint density at radius 1 is 1.35 bits per heavy atom. The van der Waals surface area contributed by atoms with Gasteiger partial charge in [-0.2, -0.15) is 0 Å². The van der Waals surface area contributed by atoms with Crippen molar-refractivity contribution >= 4 is 11.9 Å². The fraction of sp³-hybridized carbons (Fsp3) is 0.353. The van der Waals surface area contributed by atoms with Crippen molar-refractivity contribution in [2.24, 2.45) is 0 Å². The maximum Gasteiger partial charge on any atom is 0.326 e. The second kappa shape index (κ2) is 6.24. The van der Waals surface area contributed by atoms with E-state index in [0.717, 1.165) is 18.4 Å². The third kappa shape index (κ3) is 3.59. The summed E-state index contributed by atoms with van der Waals surface area (Å²) in [7, 11) is 0. The summed E-state index contributed by atoms with van der Waals surface area (Å²) < 4.78 is 5.51. The fourth-order valence-corrected chi connectivity index (χ4v) is 2.41. The topological polar surface area (TPSA) is 92.4 Å². The minimum absolute atomic E-state index is 0.103. The predicted octanol–water partition coefficient (Wildman–Crippen LogP) is 2.29. The molecule has 1 saturated carbocycles. The predicted molar refractivity (Wildman–Crippen MR) is 82.3 cm³/mol. The SMILES string of the molecule is Cc1nc(C2CC2)oc1C(=O)NC(Cc1ccccc1)C(=O)O. The van der Waals surface area contributed by atoms with E-state index in [-0.39, 0.29) is 12.2 Å². The zero-order chi connectivity index (χ0) is 16.4. The molecule has 1 amide bonds. The summed E-state index contributed by atoms with van der Waals surface area (Å²) in [6.07, 6.45) is 2.25. The minimum Gasteiger partial charge on any atom is -0.480 e. The van der Waals surface area contributed by atoms with Gasteiger partial charge in [-0.25, -0.2) is 9.78 Å². The number of carboxylic acid groups (broad SMARTS) is 1. The van der Waals surface area contributed by atoms with Crippen LogP contribution in [-0.4, -0.2) is 28.0 Å². The Morgan fingerprint density at radius 2 is 2.04 bits per heavy atom. The van der Waals surface area contributed by atoms with E-state index in [1.807, 2.05) is 30.3 Å². The summed E-state index contributed by atoms with van der Waals surface area (Å²) in [5.41, 5.74) is 1.33. The van der Waals surface area contributed by atoms with E-state index in [4.69, 9.17) is 4.42 Å². The Balaban J connectivity index is 1.72. The van der Waals surface area contributed by atoms with Crippen LogP contribution >= 0.6 is 0 Å². The van der Waals surface area contributed by atoms with Crippen molar-refractivity contribution in [3.8, 4) is 0 Å². The van der Waals surface area contributed by atoms with Crippen LogP contribution in [0.5, 0.6) is 0 Å². The Hall–Kier alpha value is -2.63. The van der Waals surface area contributed by atoms with Crippen molar-refractivity contribution in [2.75, 3.05) is 0 Å². The van der Waals surface area contributed by atoms with Gasteiger partial charge >= 0.3 is 5.97 Å². The second-order valence-electron chi connectivity index (χ2n) is 5.79. The van der Waals surface area contributed by atoms with Crippen LogP contribution in [0.15, 0.2) is 34.7 Å². The molecule has 0 aliphatic heterocycles. The average molecular weight is 314 g/mol. The molecule has 2 N–H and O–H groups in total. The lowest BCUT2D eigenvalue weighted by atomic mass is 10.1. The van der Waals surface area contributed by atoms with Gasteiger partial charge in [-0.15, -0.1) is 0 Å². The van der Waals surface area contributed by atoms with Gasteiger partial charge in [0.15, 0.2) is 5.89 Å². The molecule has 6 nitrogen and oxygen atoms in total. The van der Waals surface area contributed by atoms with E-state index in [1.165, 1.54) is 0 Å². The number of carbonyl (C=O) groups excluding carboxylic acids is 1. The van der Waals surface area contributed by atoms with Crippen LogP contribution < -0.4 is 5.32 Å². The zero-order valence-electron chi connectivity index (χ0n) is 12.8. The highest BCUT2D eigenvalue weighted by Gasteiger charge is 2.31. The van der Waals surface area contributed by atoms with Crippen molar-refractivity contribution < 1.29 is 19.1 Å². The Labute approximate surface area is 133 Å². The van der Waals surface area contributed by atoms with Crippen molar-refractivity contribution in [3.63, 3.8) is 0 Å². The molecule has 1 heterocycles. The first kappa shape index (κ1) is 15.3. The van der Waals surface area contributed by atoms with Crippen LogP contribution in [0.1, 0.15) is 46.5 Å². The van der Waals surface area contributed by atoms with Gasteiger partial charge in [0, 0.05) is 12.3 Å². The lowest BCUT2D eigenvalue weighted by molar-refractivity contribution is -0.139. The number of carbonyl (C=O) groups is 2. The molecule has 6 heteroatoms. The molecule has 23 heavy (non-hydrogen) atoms. The smallest absolute Gasteiger partial charge is 0.326 e. The van der Waals surface area contributed by atoms with E-state index in [1.54, 1.807) is 6.92 Å². The molecular weight excluding hydrogens is 296 g/mol. The fourth-order valence-electron chi connectivity index (χ4n) is 2.41. The molecule has 0 radical (unpaired) electrons. The quantitative estimate of drug-likeness (QED) is 0.853. The Bertz CT molecular complexity index is 719. The summed E-state index contributed by atoms with van der Waals surface area (Å²) in [6, 6.07) is 8.16. The monoisotopic (exact) mass is 314 g/mol. The zero-order valence-corrected chi connectivity index (χ0v) is 12.8. The van der Waals surface area contributed by atoms with Crippen LogP contribution in [0, 0.1) is 6.92 Å². The van der Waals surface area contributed by atoms with Crippen molar-refractivity contribution in [1.82, 2.24) is 10.3 Å². The number of hydrogen-bond acceptors (Lipinski definition) is 4. The van der Waals surface area contributed by atoms with E-state index < -0.39 is 17.9 Å². The van der Waals surface area contributed by atoms with Crippen LogP contribution in [0.2, 0.25) is 0 Å². The molecule has 0 bridgehead atoms. The van der Waals surface area contributed by atoms with Crippen LogP contribution in [-0.2, 0) is 11.2 Å². The first-order valence-corrected chi connectivity index (χ1v) is 7.59. The number of amides is 1. The number of carboxylic acids is 1. The number of aryl methyl sites for hydroxylation is 1. The molecule has 1 aromatic heterocycles. The number of oxazole rings is 1. The van der Waals surface area contributed by atoms with Crippen LogP contribution in [0.25, 0.3) is 0 Å². The first-order chi connectivity index (χ1) is 11.0. The molecular formula is C17H18N2O4. The van der Waals surface area contributed by atoms with Gasteiger partial charge in [-0.1, -0.05) is 30.3 Å². The molecule has 1 aliphatic carbocycles. The largest absolute Gasteiger partial charge is 0.480 e. The molecule has 0 saturated heterocycles. The number of aliphatic carboxylic acids is 1.